The van der Waals surface area contributed by atoms with Gasteiger partial charge in [-0.3, -0.25) is 4.79 Å². The summed E-state index contributed by atoms with van der Waals surface area (Å²) in [6.45, 7) is 0.176. The molecule has 7 nitrogen and oxygen atoms in total. The lowest BCUT2D eigenvalue weighted by Crippen LogP contribution is -2.14. The van der Waals surface area contributed by atoms with Crippen LogP contribution in [0.2, 0.25) is 10.0 Å². The first-order valence-corrected chi connectivity index (χ1v) is 9.93. The zero-order chi connectivity index (χ0) is 18.5. The van der Waals surface area contributed by atoms with Crippen LogP contribution in [0.3, 0.4) is 0 Å². The lowest BCUT2D eigenvalue weighted by Gasteiger charge is -2.08. The highest BCUT2D eigenvalue weighted by atomic mass is 35.5. The number of benzene rings is 1. The van der Waals surface area contributed by atoms with Crippen molar-refractivity contribution in [2.24, 2.45) is 7.05 Å². The van der Waals surface area contributed by atoms with Crippen LogP contribution in [0.5, 0.6) is 5.75 Å². The minimum absolute atomic E-state index is 0.156. The van der Waals surface area contributed by atoms with Crippen LogP contribution in [0.15, 0.2) is 34.9 Å². The minimum atomic E-state index is -0.156. The van der Waals surface area contributed by atoms with E-state index in [1.807, 2.05) is 0 Å². The highest BCUT2D eigenvalue weighted by molar-refractivity contribution is 7.99. The Labute approximate surface area is 167 Å². The van der Waals surface area contributed by atoms with Crippen LogP contribution >= 0.6 is 46.3 Å². The van der Waals surface area contributed by atoms with Gasteiger partial charge in [-0.05, 0) is 12.1 Å². The van der Waals surface area contributed by atoms with Crippen molar-refractivity contribution in [1.82, 2.24) is 19.7 Å². The number of carbonyl (C=O) groups excluding carboxylic acids is 1. The van der Waals surface area contributed by atoms with Crippen LogP contribution < -0.4 is 10.1 Å². The molecule has 3 aromatic rings. The molecule has 0 spiro atoms. The van der Waals surface area contributed by atoms with Crippen molar-refractivity contribution >= 4 is 57.3 Å². The largest absolute Gasteiger partial charge is 0.484 e. The Bertz CT molecular complexity index is 902. The van der Waals surface area contributed by atoms with Gasteiger partial charge in [0.2, 0.25) is 5.91 Å². The predicted molar refractivity (Wildman–Crippen MR) is 103 cm³/mol. The van der Waals surface area contributed by atoms with E-state index >= 15 is 0 Å². The third kappa shape index (κ3) is 4.88. The van der Waals surface area contributed by atoms with E-state index in [-0.39, 0.29) is 18.3 Å². The number of amides is 1. The number of thioether (sulfide) groups is 1. The van der Waals surface area contributed by atoms with Gasteiger partial charge in [0.05, 0.1) is 10.8 Å². The number of carbonyl (C=O) groups is 1. The molecule has 11 heteroatoms. The summed E-state index contributed by atoms with van der Waals surface area (Å²) in [4.78, 5) is 15.9. The molecule has 1 amide bonds. The molecule has 1 aromatic carbocycles. The van der Waals surface area contributed by atoms with Crippen molar-refractivity contribution in [2.45, 2.75) is 11.8 Å². The lowest BCUT2D eigenvalue weighted by molar-refractivity contribution is -0.113. The maximum atomic E-state index is 11.9. The van der Waals surface area contributed by atoms with Crippen molar-refractivity contribution in [1.29, 1.82) is 0 Å². The quantitative estimate of drug-likeness (QED) is 0.573. The maximum Gasteiger partial charge on any atom is 0.236 e. The molecule has 0 atom stereocenters. The second-order valence-corrected chi connectivity index (χ2v) is 7.68. The fraction of sp³-hybridized carbons (Fsp3) is 0.200. The Morgan fingerprint density at radius 2 is 2.23 bits per heavy atom. The van der Waals surface area contributed by atoms with E-state index in [4.69, 9.17) is 27.9 Å². The summed E-state index contributed by atoms with van der Waals surface area (Å²) in [7, 11) is 1.80. The summed E-state index contributed by atoms with van der Waals surface area (Å²) in [5, 5.41) is 14.8. The fourth-order valence-electron chi connectivity index (χ4n) is 1.90. The predicted octanol–water partition coefficient (Wildman–Crippen LogP) is 3.89. The smallest absolute Gasteiger partial charge is 0.236 e. The molecule has 0 saturated heterocycles. The summed E-state index contributed by atoms with van der Waals surface area (Å²) in [6, 6.07) is 4.99. The van der Waals surface area contributed by atoms with Gasteiger partial charge in [-0.2, -0.15) is 0 Å². The molecule has 136 valence electrons. The number of hydrogen-bond donors (Lipinski definition) is 1. The second-order valence-electron chi connectivity index (χ2n) is 5.00. The van der Waals surface area contributed by atoms with Gasteiger partial charge in [0.15, 0.2) is 16.1 Å². The van der Waals surface area contributed by atoms with E-state index in [2.05, 4.69) is 20.5 Å². The number of nitrogens with zero attached hydrogens (tertiary/aromatic N) is 4. The number of rotatable bonds is 7. The molecule has 0 aliphatic rings. The molecular formula is C15H13Cl2N5O2S2. The molecule has 3 rings (SSSR count). The third-order valence-electron chi connectivity index (χ3n) is 3.19. The second kappa shape index (κ2) is 8.72. The number of nitrogens with one attached hydrogen (secondary N) is 1. The Hall–Kier alpha value is -1.81. The number of halogens is 2. The SMILES string of the molecule is Cn1c(COc2cc(Cl)ccc2Cl)nnc1SCC(=O)Nc1nccs1. The van der Waals surface area contributed by atoms with E-state index in [1.165, 1.54) is 23.1 Å². The van der Waals surface area contributed by atoms with Gasteiger partial charge in [0.25, 0.3) is 0 Å². The zero-order valence-corrected chi connectivity index (χ0v) is 16.6. The molecule has 0 radical (unpaired) electrons. The zero-order valence-electron chi connectivity index (χ0n) is 13.5. The van der Waals surface area contributed by atoms with Crippen molar-refractivity contribution in [3.05, 3.63) is 45.6 Å². The van der Waals surface area contributed by atoms with E-state index in [9.17, 15) is 4.79 Å². The molecule has 0 fully saturated rings. The Kier molecular flexibility index (Phi) is 6.36. The van der Waals surface area contributed by atoms with E-state index in [0.29, 0.717) is 31.9 Å². The highest BCUT2D eigenvalue weighted by Gasteiger charge is 2.13. The molecule has 2 aromatic heterocycles. The van der Waals surface area contributed by atoms with Gasteiger partial charge in [-0.1, -0.05) is 35.0 Å². The average molecular weight is 430 g/mol. The summed E-state index contributed by atoms with van der Waals surface area (Å²) in [6.07, 6.45) is 1.63. The third-order valence-corrected chi connectivity index (χ3v) is 5.44. The molecule has 0 unspecified atom stereocenters. The van der Waals surface area contributed by atoms with Crippen LogP contribution in [0.1, 0.15) is 5.82 Å². The average Bonchev–Trinajstić information content (AvgIpc) is 3.24. The first-order valence-electron chi connectivity index (χ1n) is 7.31. The van der Waals surface area contributed by atoms with E-state index < -0.39 is 0 Å². The number of aromatic nitrogens is 4. The molecular weight excluding hydrogens is 417 g/mol. The lowest BCUT2D eigenvalue weighted by atomic mass is 10.3. The van der Waals surface area contributed by atoms with Gasteiger partial charge in [-0.15, -0.1) is 21.5 Å². The van der Waals surface area contributed by atoms with E-state index in [1.54, 1.807) is 41.4 Å². The Balaban J connectivity index is 1.55. The van der Waals surface area contributed by atoms with Gasteiger partial charge < -0.3 is 14.6 Å². The molecule has 2 heterocycles. The van der Waals surface area contributed by atoms with Crippen molar-refractivity contribution in [2.75, 3.05) is 11.1 Å². The summed E-state index contributed by atoms with van der Waals surface area (Å²) in [5.41, 5.74) is 0. The molecule has 0 aliphatic heterocycles. The van der Waals surface area contributed by atoms with Gasteiger partial charge in [0, 0.05) is 29.7 Å². The van der Waals surface area contributed by atoms with Crippen molar-refractivity contribution in [3.63, 3.8) is 0 Å². The van der Waals surface area contributed by atoms with Crippen molar-refractivity contribution < 1.29 is 9.53 Å². The molecule has 0 aliphatic carbocycles. The maximum absolute atomic E-state index is 11.9. The van der Waals surface area contributed by atoms with Crippen LogP contribution in [0.25, 0.3) is 0 Å². The standard InChI is InChI=1S/C15H13Cl2N5O2S2/c1-22-12(7-24-11-6-9(16)2-3-10(11)17)20-21-15(22)26-8-13(23)19-14-18-4-5-25-14/h2-6H,7-8H2,1H3,(H,18,19,23). The number of hydrogen-bond acceptors (Lipinski definition) is 7. The molecule has 26 heavy (non-hydrogen) atoms. The Morgan fingerprint density at radius 3 is 3.00 bits per heavy atom. The summed E-state index contributed by atoms with van der Waals surface area (Å²) < 4.78 is 7.42. The van der Waals surface area contributed by atoms with Crippen LogP contribution in [0.4, 0.5) is 5.13 Å². The minimum Gasteiger partial charge on any atom is -0.484 e. The first kappa shape index (κ1) is 19.0. The summed E-state index contributed by atoms with van der Waals surface area (Å²) in [5.74, 6) is 1.12. The molecule has 1 N–H and O–H groups in total. The van der Waals surface area contributed by atoms with Gasteiger partial charge >= 0.3 is 0 Å². The highest BCUT2D eigenvalue weighted by Crippen LogP contribution is 2.28. The van der Waals surface area contributed by atoms with Crippen LogP contribution in [-0.4, -0.2) is 31.4 Å². The number of thiazole rings is 1. The number of ether oxygens (including phenoxy) is 1. The normalized spacial score (nSPS) is 10.7. The van der Waals surface area contributed by atoms with Gasteiger partial charge in [0.1, 0.15) is 12.4 Å². The Morgan fingerprint density at radius 1 is 1.38 bits per heavy atom. The van der Waals surface area contributed by atoms with Crippen LogP contribution in [-0.2, 0) is 18.4 Å². The van der Waals surface area contributed by atoms with E-state index in [0.717, 1.165) is 0 Å². The van der Waals surface area contributed by atoms with Crippen LogP contribution in [0, 0.1) is 0 Å². The molecule has 0 bridgehead atoms. The number of anilines is 1. The first-order chi connectivity index (χ1) is 12.5. The molecule has 0 saturated carbocycles. The fourth-order valence-corrected chi connectivity index (χ4v) is 3.51. The van der Waals surface area contributed by atoms with Crippen molar-refractivity contribution in [3.8, 4) is 5.75 Å². The monoisotopic (exact) mass is 429 g/mol. The van der Waals surface area contributed by atoms with Gasteiger partial charge in [-0.25, -0.2) is 4.98 Å². The summed E-state index contributed by atoms with van der Waals surface area (Å²) >= 11 is 14.7. The topological polar surface area (TPSA) is 81.9 Å².